The van der Waals surface area contributed by atoms with Crippen LogP contribution in [-0.4, -0.2) is 54.9 Å². The van der Waals surface area contributed by atoms with E-state index in [9.17, 15) is 14.7 Å². The summed E-state index contributed by atoms with van der Waals surface area (Å²) in [7, 11) is 2.83. The van der Waals surface area contributed by atoms with Crippen molar-refractivity contribution >= 4 is 17.6 Å². The maximum atomic E-state index is 11.5. The first-order valence-electron chi connectivity index (χ1n) is 6.13. The molecule has 0 aliphatic carbocycles. The maximum Gasteiger partial charge on any atom is 0.356 e. The van der Waals surface area contributed by atoms with Gasteiger partial charge in [0.05, 0.1) is 13.2 Å². The lowest BCUT2D eigenvalue weighted by Gasteiger charge is -2.23. The molecule has 0 radical (unpaired) electrons. The summed E-state index contributed by atoms with van der Waals surface area (Å²) in [4.78, 5) is 28.4. The average Bonchev–Trinajstić information content (AvgIpc) is 2.91. The number of pyridine rings is 1. The Bertz CT molecular complexity index is 519. The van der Waals surface area contributed by atoms with Crippen LogP contribution in [0.1, 0.15) is 16.9 Å². The molecule has 2 rings (SSSR count). The number of carbonyl (C=O) groups is 2. The quantitative estimate of drug-likeness (QED) is 0.805. The highest BCUT2D eigenvalue weighted by Crippen LogP contribution is 2.27. The van der Waals surface area contributed by atoms with Gasteiger partial charge in [-0.3, -0.25) is 0 Å². The minimum Gasteiger partial charge on any atom is -0.480 e. The number of methoxy groups -OCH3 is 2. The van der Waals surface area contributed by atoms with E-state index >= 15 is 0 Å². The molecule has 20 heavy (non-hydrogen) atoms. The lowest BCUT2D eigenvalue weighted by molar-refractivity contribution is -0.138. The molecular formula is C13H16N2O5. The van der Waals surface area contributed by atoms with E-state index in [0.717, 1.165) is 0 Å². The molecule has 7 heteroatoms. The summed E-state index contributed by atoms with van der Waals surface area (Å²) in [6.45, 7) is 0.456. The smallest absolute Gasteiger partial charge is 0.356 e. The second kappa shape index (κ2) is 5.87. The summed E-state index contributed by atoms with van der Waals surface area (Å²) in [6.07, 6.45) is 1.72. The van der Waals surface area contributed by atoms with Gasteiger partial charge in [-0.05, 0) is 12.1 Å². The first kappa shape index (κ1) is 14.3. The highest BCUT2D eigenvalue weighted by atomic mass is 16.5. The third-order valence-electron chi connectivity index (χ3n) is 3.35. The zero-order chi connectivity index (χ0) is 14.7. The van der Waals surface area contributed by atoms with E-state index in [1.165, 1.54) is 19.4 Å². The molecule has 108 valence electrons. The van der Waals surface area contributed by atoms with Crippen molar-refractivity contribution in [1.82, 2.24) is 4.98 Å². The van der Waals surface area contributed by atoms with E-state index in [1.807, 2.05) is 0 Å². The van der Waals surface area contributed by atoms with E-state index in [-0.39, 0.29) is 11.8 Å². The number of nitrogens with zero attached hydrogens (tertiary/aromatic N) is 2. The Morgan fingerprint density at radius 3 is 2.80 bits per heavy atom. The van der Waals surface area contributed by atoms with Crippen LogP contribution in [0.2, 0.25) is 0 Å². The molecule has 2 atom stereocenters. The fraction of sp³-hybridized carbons (Fsp3) is 0.462. The lowest BCUT2D eigenvalue weighted by atomic mass is 10.2. The number of anilines is 1. The number of hydrogen-bond acceptors (Lipinski definition) is 6. The molecule has 1 aliphatic rings. The van der Waals surface area contributed by atoms with Crippen LogP contribution in [0.25, 0.3) is 0 Å². The topological polar surface area (TPSA) is 89.0 Å². The Morgan fingerprint density at radius 1 is 1.45 bits per heavy atom. The Balaban J connectivity index is 2.29. The van der Waals surface area contributed by atoms with Gasteiger partial charge < -0.3 is 19.5 Å². The number of carbonyl (C=O) groups excluding carboxylic acids is 1. The van der Waals surface area contributed by atoms with Crippen molar-refractivity contribution in [2.75, 3.05) is 25.7 Å². The van der Waals surface area contributed by atoms with Crippen LogP contribution in [0.3, 0.4) is 0 Å². The summed E-state index contributed by atoms with van der Waals surface area (Å²) in [5, 5.41) is 9.28. The Kier molecular flexibility index (Phi) is 4.19. The Hall–Kier alpha value is -2.15. The average molecular weight is 280 g/mol. The number of ether oxygens (including phenoxy) is 2. The first-order valence-corrected chi connectivity index (χ1v) is 6.13. The van der Waals surface area contributed by atoms with Crippen molar-refractivity contribution in [2.24, 2.45) is 0 Å². The fourth-order valence-electron chi connectivity index (χ4n) is 2.30. The number of carboxylic acids is 1. The second-order valence-electron chi connectivity index (χ2n) is 4.49. The van der Waals surface area contributed by atoms with Crippen molar-refractivity contribution in [3.63, 3.8) is 0 Å². The zero-order valence-electron chi connectivity index (χ0n) is 11.3. The van der Waals surface area contributed by atoms with Crippen molar-refractivity contribution in [1.29, 1.82) is 0 Å². The van der Waals surface area contributed by atoms with Crippen LogP contribution >= 0.6 is 0 Å². The predicted octanol–water partition coefficient (Wildman–Crippen LogP) is 0.546. The lowest BCUT2D eigenvalue weighted by Crippen LogP contribution is -2.36. The number of rotatable bonds is 4. The summed E-state index contributed by atoms with van der Waals surface area (Å²) in [5.74, 6) is -1.47. The van der Waals surface area contributed by atoms with Crippen LogP contribution in [0, 0.1) is 0 Å². The van der Waals surface area contributed by atoms with E-state index in [1.54, 1.807) is 18.1 Å². The number of aliphatic carboxylic acids is 1. The van der Waals surface area contributed by atoms with E-state index in [0.29, 0.717) is 18.7 Å². The molecule has 1 N–H and O–H groups in total. The van der Waals surface area contributed by atoms with E-state index < -0.39 is 18.0 Å². The van der Waals surface area contributed by atoms with Crippen LogP contribution in [-0.2, 0) is 14.3 Å². The molecule has 1 saturated heterocycles. The molecule has 1 aromatic heterocycles. The monoisotopic (exact) mass is 280 g/mol. The maximum absolute atomic E-state index is 11.5. The molecule has 0 amide bonds. The van der Waals surface area contributed by atoms with E-state index in [2.05, 4.69) is 9.72 Å². The van der Waals surface area contributed by atoms with Gasteiger partial charge >= 0.3 is 11.9 Å². The minimum absolute atomic E-state index is 0.147. The fourth-order valence-corrected chi connectivity index (χ4v) is 2.30. The molecule has 0 bridgehead atoms. The molecule has 1 fully saturated rings. The second-order valence-corrected chi connectivity index (χ2v) is 4.49. The number of carboxylic acid groups (broad SMARTS) is 1. The van der Waals surface area contributed by atoms with Crippen molar-refractivity contribution < 1.29 is 24.2 Å². The molecule has 1 aliphatic heterocycles. The van der Waals surface area contributed by atoms with Crippen LogP contribution in [0.5, 0.6) is 0 Å². The molecule has 0 aromatic carbocycles. The van der Waals surface area contributed by atoms with Gasteiger partial charge in [0, 0.05) is 32.0 Å². The molecule has 2 heterocycles. The Morgan fingerprint density at radius 2 is 2.20 bits per heavy atom. The number of hydrogen-bond donors (Lipinski definition) is 1. The molecular weight excluding hydrogens is 264 g/mol. The summed E-state index contributed by atoms with van der Waals surface area (Å²) >= 11 is 0. The van der Waals surface area contributed by atoms with Crippen molar-refractivity contribution in [3.8, 4) is 0 Å². The number of aromatic nitrogens is 1. The number of esters is 1. The third-order valence-corrected chi connectivity index (χ3v) is 3.35. The molecule has 7 nitrogen and oxygen atoms in total. The van der Waals surface area contributed by atoms with Gasteiger partial charge in [-0.2, -0.15) is 0 Å². The van der Waals surface area contributed by atoms with Crippen LogP contribution in [0.15, 0.2) is 18.3 Å². The molecule has 0 saturated carbocycles. The highest BCUT2D eigenvalue weighted by molar-refractivity contribution is 5.88. The van der Waals surface area contributed by atoms with Crippen LogP contribution in [0.4, 0.5) is 5.69 Å². The Labute approximate surface area is 116 Å². The van der Waals surface area contributed by atoms with Gasteiger partial charge in [0.1, 0.15) is 11.7 Å². The SMILES string of the molecule is COC(=O)c1cc(N2CC(OC)CC2C(=O)O)ccn1. The zero-order valence-corrected chi connectivity index (χ0v) is 11.3. The summed E-state index contributed by atoms with van der Waals surface area (Å²) in [6, 6.07) is 2.52. The van der Waals surface area contributed by atoms with Gasteiger partial charge in [-0.15, -0.1) is 0 Å². The summed E-state index contributed by atoms with van der Waals surface area (Å²) in [5.41, 5.74) is 0.766. The minimum atomic E-state index is -0.916. The van der Waals surface area contributed by atoms with Gasteiger partial charge in [0.25, 0.3) is 0 Å². The van der Waals surface area contributed by atoms with Crippen LogP contribution < -0.4 is 4.90 Å². The molecule has 0 spiro atoms. The normalized spacial score (nSPS) is 21.8. The standard InChI is InChI=1S/C13H16N2O5/c1-19-9-6-11(12(16)17)15(7-9)8-3-4-14-10(5-8)13(18)20-2/h3-5,9,11H,6-7H2,1-2H3,(H,16,17). The first-order chi connectivity index (χ1) is 9.56. The third kappa shape index (κ3) is 2.72. The molecule has 1 aromatic rings. The van der Waals surface area contributed by atoms with Crippen molar-refractivity contribution in [3.05, 3.63) is 24.0 Å². The predicted molar refractivity (Wildman–Crippen MR) is 69.8 cm³/mol. The largest absolute Gasteiger partial charge is 0.480 e. The van der Waals surface area contributed by atoms with Gasteiger partial charge in [0.15, 0.2) is 0 Å². The molecule has 2 unspecified atom stereocenters. The van der Waals surface area contributed by atoms with Gasteiger partial charge in [0.2, 0.25) is 0 Å². The van der Waals surface area contributed by atoms with Gasteiger partial charge in [-0.1, -0.05) is 0 Å². The highest BCUT2D eigenvalue weighted by Gasteiger charge is 2.37. The van der Waals surface area contributed by atoms with Crippen molar-refractivity contribution in [2.45, 2.75) is 18.6 Å². The van der Waals surface area contributed by atoms with Gasteiger partial charge in [-0.25, -0.2) is 14.6 Å². The van der Waals surface area contributed by atoms with E-state index in [4.69, 9.17) is 4.74 Å². The summed E-state index contributed by atoms with van der Waals surface area (Å²) < 4.78 is 9.84.